The normalized spacial score (nSPS) is 10.1. The number of benzene rings is 1. The molecule has 0 saturated heterocycles. The minimum absolute atomic E-state index is 0.0471. The van der Waals surface area contributed by atoms with E-state index in [-0.39, 0.29) is 5.69 Å². The lowest BCUT2D eigenvalue weighted by Crippen LogP contribution is -1.94. The van der Waals surface area contributed by atoms with Crippen LogP contribution in [0.4, 0.5) is 5.69 Å². The molecule has 0 amide bonds. The molecule has 5 nitrogen and oxygen atoms in total. The second kappa shape index (κ2) is 5.14. The highest BCUT2D eigenvalue weighted by molar-refractivity contribution is 9.10. The Morgan fingerprint density at radius 3 is 2.78 bits per heavy atom. The maximum absolute atomic E-state index is 10.6. The largest absolute Gasteiger partial charge is 0.439 e. The lowest BCUT2D eigenvalue weighted by Gasteiger charge is -2.07. The molecule has 0 aliphatic carbocycles. The number of aryl methyl sites for hydroxylation is 1. The number of halogens is 1. The van der Waals surface area contributed by atoms with Gasteiger partial charge in [-0.05, 0) is 25.1 Å². The van der Waals surface area contributed by atoms with Crippen molar-refractivity contribution in [2.75, 3.05) is 0 Å². The molecule has 0 unspecified atom stereocenters. The van der Waals surface area contributed by atoms with Crippen LogP contribution >= 0.6 is 15.9 Å². The Kier molecular flexibility index (Phi) is 3.57. The molecule has 0 aliphatic heterocycles. The molecular weight excluding hydrogens is 300 g/mol. The van der Waals surface area contributed by atoms with Crippen molar-refractivity contribution in [2.45, 2.75) is 6.92 Å². The van der Waals surface area contributed by atoms with Crippen molar-refractivity contribution in [3.05, 3.63) is 56.7 Å². The van der Waals surface area contributed by atoms with E-state index in [1.165, 1.54) is 12.3 Å². The van der Waals surface area contributed by atoms with Crippen LogP contribution in [-0.4, -0.2) is 9.91 Å². The number of hydrogen-bond donors (Lipinski definition) is 0. The van der Waals surface area contributed by atoms with E-state index in [1.807, 2.05) is 12.1 Å². The molecule has 0 atom stereocenters. The summed E-state index contributed by atoms with van der Waals surface area (Å²) in [5, 5.41) is 10.6. The Hall–Kier alpha value is -1.95. The first-order valence-corrected chi connectivity index (χ1v) is 5.90. The van der Waals surface area contributed by atoms with Gasteiger partial charge in [0.1, 0.15) is 11.9 Å². The van der Waals surface area contributed by atoms with Gasteiger partial charge in [0.2, 0.25) is 5.88 Å². The van der Waals surface area contributed by atoms with E-state index in [9.17, 15) is 10.1 Å². The summed E-state index contributed by atoms with van der Waals surface area (Å²) < 4.78 is 6.45. The van der Waals surface area contributed by atoms with Crippen molar-refractivity contribution in [1.29, 1.82) is 0 Å². The molecule has 18 heavy (non-hydrogen) atoms. The number of pyridine rings is 1. The average Bonchev–Trinajstić information content (AvgIpc) is 2.31. The van der Waals surface area contributed by atoms with Gasteiger partial charge in [0.25, 0.3) is 5.69 Å². The molecule has 0 aliphatic rings. The first-order valence-electron chi connectivity index (χ1n) is 5.11. The van der Waals surface area contributed by atoms with Gasteiger partial charge in [-0.25, -0.2) is 4.98 Å². The van der Waals surface area contributed by atoms with Crippen LogP contribution in [0.25, 0.3) is 0 Å². The minimum atomic E-state index is -0.483. The average molecular weight is 309 g/mol. The minimum Gasteiger partial charge on any atom is -0.439 e. The predicted molar refractivity (Wildman–Crippen MR) is 69.8 cm³/mol. The van der Waals surface area contributed by atoms with Gasteiger partial charge in [-0.15, -0.1) is 0 Å². The number of nitro groups is 1. The standard InChI is InChI=1S/C12H9BrN2O3/c1-8-5-10(15(16)17)7-14-12(8)18-11-4-2-3-9(13)6-11/h2-7H,1H3. The molecule has 2 rings (SSSR count). The lowest BCUT2D eigenvalue weighted by molar-refractivity contribution is -0.385. The van der Waals surface area contributed by atoms with E-state index < -0.39 is 4.92 Å². The van der Waals surface area contributed by atoms with Gasteiger partial charge in [-0.3, -0.25) is 10.1 Å². The zero-order valence-corrected chi connectivity index (χ0v) is 11.0. The molecule has 0 radical (unpaired) electrons. The van der Waals surface area contributed by atoms with E-state index in [4.69, 9.17) is 4.74 Å². The van der Waals surface area contributed by atoms with Crippen molar-refractivity contribution in [2.24, 2.45) is 0 Å². The summed E-state index contributed by atoms with van der Waals surface area (Å²) in [6.45, 7) is 1.72. The zero-order chi connectivity index (χ0) is 13.1. The first kappa shape index (κ1) is 12.5. The number of aromatic nitrogens is 1. The van der Waals surface area contributed by atoms with E-state index in [1.54, 1.807) is 19.1 Å². The third kappa shape index (κ3) is 2.84. The summed E-state index contributed by atoms with van der Waals surface area (Å²) in [4.78, 5) is 14.0. The zero-order valence-electron chi connectivity index (χ0n) is 9.46. The Bertz CT molecular complexity index is 602. The Labute approximate surface area is 112 Å². The van der Waals surface area contributed by atoms with Crippen molar-refractivity contribution in [1.82, 2.24) is 4.98 Å². The van der Waals surface area contributed by atoms with Crippen molar-refractivity contribution in [3.63, 3.8) is 0 Å². The summed E-state index contributed by atoms with van der Waals surface area (Å²) in [5.74, 6) is 0.979. The first-order chi connectivity index (χ1) is 8.56. The fourth-order valence-electron chi connectivity index (χ4n) is 1.40. The van der Waals surface area contributed by atoms with Gasteiger partial charge in [0.05, 0.1) is 4.92 Å². The quantitative estimate of drug-likeness (QED) is 0.638. The molecule has 0 saturated carbocycles. The number of nitrogens with zero attached hydrogens (tertiary/aromatic N) is 2. The van der Waals surface area contributed by atoms with Gasteiger partial charge < -0.3 is 4.74 Å². The second-order valence-electron chi connectivity index (χ2n) is 3.63. The third-order valence-corrected chi connectivity index (χ3v) is 2.73. The smallest absolute Gasteiger partial charge is 0.288 e. The Morgan fingerprint density at radius 1 is 1.39 bits per heavy atom. The van der Waals surface area contributed by atoms with E-state index in [0.29, 0.717) is 17.2 Å². The van der Waals surface area contributed by atoms with Crippen molar-refractivity contribution >= 4 is 21.6 Å². The molecule has 92 valence electrons. The van der Waals surface area contributed by atoms with Crippen LogP contribution in [0.5, 0.6) is 11.6 Å². The van der Waals surface area contributed by atoms with Crippen LogP contribution in [0.1, 0.15) is 5.56 Å². The van der Waals surface area contributed by atoms with Gasteiger partial charge in [0, 0.05) is 16.1 Å². The van der Waals surface area contributed by atoms with Gasteiger partial charge in [-0.2, -0.15) is 0 Å². The van der Waals surface area contributed by atoms with Crippen molar-refractivity contribution < 1.29 is 9.66 Å². The van der Waals surface area contributed by atoms with Crippen LogP contribution in [0.15, 0.2) is 41.0 Å². The highest BCUT2D eigenvalue weighted by Gasteiger charge is 2.10. The molecule has 1 heterocycles. The summed E-state index contributed by atoms with van der Waals surface area (Å²) in [6, 6.07) is 8.72. The molecule has 2 aromatic rings. The van der Waals surface area contributed by atoms with Crippen LogP contribution in [0, 0.1) is 17.0 Å². The number of hydrogen-bond acceptors (Lipinski definition) is 4. The van der Waals surface area contributed by atoms with Crippen LogP contribution < -0.4 is 4.74 Å². The SMILES string of the molecule is Cc1cc([N+](=O)[O-])cnc1Oc1cccc(Br)c1. The molecule has 0 bridgehead atoms. The fourth-order valence-corrected chi connectivity index (χ4v) is 1.77. The van der Waals surface area contributed by atoms with Gasteiger partial charge >= 0.3 is 0 Å². The van der Waals surface area contributed by atoms with E-state index in [0.717, 1.165) is 4.47 Å². The Balaban J connectivity index is 2.27. The summed E-state index contributed by atoms with van der Waals surface area (Å²) >= 11 is 3.33. The highest BCUT2D eigenvalue weighted by atomic mass is 79.9. The second-order valence-corrected chi connectivity index (χ2v) is 4.55. The number of rotatable bonds is 3. The van der Waals surface area contributed by atoms with E-state index >= 15 is 0 Å². The molecule has 0 spiro atoms. The monoisotopic (exact) mass is 308 g/mol. The Morgan fingerprint density at radius 2 is 2.17 bits per heavy atom. The maximum atomic E-state index is 10.6. The van der Waals surface area contributed by atoms with Crippen LogP contribution in [-0.2, 0) is 0 Å². The van der Waals surface area contributed by atoms with Crippen LogP contribution in [0.2, 0.25) is 0 Å². The molecule has 6 heteroatoms. The van der Waals surface area contributed by atoms with Crippen molar-refractivity contribution in [3.8, 4) is 11.6 Å². The fraction of sp³-hybridized carbons (Fsp3) is 0.0833. The van der Waals surface area contributed by atoms with Gasteiger partial charge in [0.15, 0.2) is 0 Å². The molecule has 1 aromatic carbocycles. The predicted octanol–water partition coefficient (Wildman–Crippen LogP) is 3.85. The number of ether oxygens (including phenoxy) is 1. The van der Waals surface area contributed by atoms with Gasteiger partial charge in [-0.1, -0.05) is 22.0 Å². The summed E-state index contributed by atoms with van der Waals surface area (Å²) in [5.41, 5.74) is 0.568. The molecule has 0 fully saturated rings. The topological polar surface area (TPSA) is 65.3 Å². The lowest BCUT2D eigenvalue weighted by atomic mass is 10.3. The molecule has 0 N–H and O–H groups in total. The highest BCUT2D eigenvalue weighted by Crippen LogP contribution is 2.26. The molecule has 1 aromatic heterocycles. The summed E-state index contributed by atoms with van der Waals surface area (Å²) in [7, 11) is 0. The van der Waals surface area contributed by atoms with E-state index in [2.05, 4.69) is 20.9 Å². The summed E-state index contributed by atoms with van der Waals surface area (Å²) in [6.07, 6.45) is 1.18. The third-order valence-electron chi connectivity index (χ3n) is 2.24. The van der Waals surface area contributed by atoms with Crippen LogP contribution in [0.3, 0.4) is 0 Å². The maximum Gasteiger partial charge on any atom is 0.288 e. The molecular formula is C12H9BrN2O3.